The van der Waals surface area contributed by atoms with Gasteiger partial charge in [-0.1, -0.05) is 5.16 Å². The van der Waals surface area contributed by atoms with Crippen LogP contribution < -0.4 is 0 Å². The van der Waals surface area contributed by atoms with Gasteiger partial charge in [-0.05, 0) is 41.5 Å². The third kappa shape index (κ3) is 3.81. The smallest absolute Gasteiger partial charge is 0.224 e. The minimum absolute atomic E-state index is 0.00410. The van der Waals surface area contributed by atoms with Crippen LogP contribution in [0.3, 0.4) is 0 Å². The number of ketones is 1. The van der Waals surface area contributed by atoms with Crippen molar-refractivity contribution in [2.45, 2.75) is 60.5 Å². The maximum absolute atomic E-state index is 12.6. The average Bonchev–Trinajstić information content (AvgIpc) is 3.00. The van der Waals surface area contributed by atoms with Crippen molar-refractivity contribution in [3.8, 4) is 0 Å². The summed E-state index contributed by atoms with van der Waals surface area (Å²) in [6.07, 6.45) is 0.305. The first kappa shape index (κ1) is 18.9. The van der Waals surface area contributed by atoms with E-state index >= 15 is 0 Å². The molecule has 1 unspecified atom stereocenters. The predicted octanol–water partition coefficient (Wildman–Crippen LogP) is 2.92. The van der Waals surface area contributed by atoms with Crippen molar-refractivity contribution in [3.05, 3.63) is 34.0 Å². The van der Waals surface area contributed by atoms with E-state index in [1.54, 1.807) is 16.6 Å². The van der Waals surface area contributed by atoms with E-state index in [0.29, 0.717) is 24.2 Å². The van der Waals surface area contributed by atoms with Crippen molar-refractivity contribution >= 4 is 11.7 Å². The van der Waals surface area contributed by atoms with Gasteiger partial charge in [0.05, 0.1) is 29.5 Å². The Morgan fingerprint density at radius 1 is 1.20 bits per heavy atom. The number of aryl methyl sites for hydroxylation is 3. The second-order valence-corrected chi connectivity index (χ2v) is 6.65. The van der Waals surface area contributed by atoms with Gasteiger partial charge >= 0.3 is 0 Å². The van der Waals surface area contributed by atoms with Gasteiger partial charge in [-0.2, -0.15) is 5.10 Å². The van der Waals surface area contributed by atoms with Gasteiger partial charge in [0.1, 0.15) is 5.76 Å². The van der Waals surface area contributed by atoms with E-state index in [1.165, 1.54) is 6.92 Å². The first-order valence-electron chi connectivity index (χ1n) is 8.35. The van der Waals surface area contributed by atoms with E-state index in [2.05, 4.69) is 10.3 Å². The molecule has 2 aromatic heterocycles. The van der Waals surface area contributed by atoms with E-state index in [-0.39, 0.29) is 17.7 Å². The molecule has 0 aromatic carbocycles. The molecule has 0 radical (unpaired) electrons. The molecule has 2 rings (SSSR count). The van der Waals surface area contributed by atoms with Crippen LogP contribution >= 0.6 is 0 Å². The van der Waals surface area contributed by atoms with Gasteiger partial charge in [0.15, 0.2) is 5.78 Å². The first-order valence-corrected chi connectivity index (χ1v) is 8.35. The molecule has 0 bridgehead atoms. The summed E-state index contributed by atoms with van der Waals surface area (Å²) in [7, 11) is 1.77. The zero-order valence-corrected chi connectivity index (χ0v) is 16.0. The highest BCUT2D eigenvalue weighted by Gasteiger charge is 2.22. The Hall–Kier alpha value is -2.44. The molecule has 0 aliphatic rings. The highest BCUT2D eigenvalue weighted by atomic mass is 16.5. The van der Waals surface area contributed by atoms with Crippen LogP contribution in [-0.4, -0.2) is 38.6 Å². The van der Waals surface area contributed by atoms with Crippen LogP contribution in [0.1, 0.15) is 65.1 Å². The van der Waals surface area contributed by atoms with Crippen molar-refractivity contribution in [3.63, 3.8) is 0 Å². The Balaban J connectivity index is 2.10. The van der Waals surface area contributed by atoms with Crippen LogP contribution in [0.2, 0.25) is 0 Å². The zero-order valence-electron chi connectivity index (χ0n) is 16.0. The van der Waals surface area contributed by atoms with Crippen molar-refractivity contribution in [1.29, 1.82) is 0 Å². The summed E-state index contributed by atoms with van der Waals surface area (Å²) in [5, 5.41) is 8.37. The Bertz CT molecular complexity index is 784. The van der Waals surface area contributed by atoms with Crippen LogP contribution in [0.15, 0.2) is 4.52 Å². The molecule has 0 aliphatic carbocycles. The summed E-state index contributed by atoms with van der Waals surface area (Å²) >= 11 is 0. The summed E-state index contributed by atoms with van der Waals surface area (Å²) in [6, 6.07) is -0.133. The molecular formula is C18H26N4O3. The molecule has 0 aliphatic heterocycles. The molecule has 0 fully saturated rings. The van der Waals surface area contributed by atoms with Crippen molar-refractivity contribution in [2.24, 2.45) is 0 Å². The predicted molar refractivity (Wildman–Crippen MR) is 93.5 cm³/mol. The van der Waals surface area contributed by atoms with Crippen molar-refractivity contribution in [2.75, 3.05) is 7.05 Å². The largest absolute Gasteiger partial charge is 0.361 e. The number of aromatic nitrogens is 3. The summed E-state index contributed by atoms with van der Waals surface area (Å²) in [4.78, 5) is 26.0. The topological polar surface area (TPSA) is 81.2 Å². The van der Waals surface area contributed by atoms with Crippen LogP contribution in [0.5, 0.6) is 0 Å². The molecule has 1 amide bonds. The molecule has 0 N–H and O–H groups in total. The fraction of sp³-hybridized carbons (Fsp3) is 0.556. The lowest BCUT2D eigenvalue weighted by Crippen LogP contribution is -2.29. The molecule has 0 spiro atoms. The Morgan fingerprint density at radius 3 is 2.32 bits per heavy atom. The zero-order chi connectivity index (χ0) is 18.9. The maximum Gasteiger partial charge on any atom is 0.224 e. The number of Topliss-reactive ketones (excluding diaryl/α,β-unsaturated/α-hetero) is 1. The lowest BCUT2D eigenvalue weighted by Gasteiger charge is -2.20. The standard InChI is InChI=1S/C18H26N4O3/c1-10(22-13(4)18(14(5)23)12(3)19-22)8-17(24)21(7)9-16-11(2)20-25-15(16)6/h10H,8-9H2,1-7H3. The summed E-state index contributed by atoms with van der Waals surface area (Å²) in [5.74, 6) is 0.731. The fourth-order valence-electron chi connectivity index (χ4n) is 3.15. The molecule has 0 saturated heterocycles. The van der Waals surface area contributed by atoms with Gasteiger partial charge in [-0.15, -0.1) is 0 Å². The van der Waals surface area contributed by atoms with Gasteiger partial charge < -0.3 is 9.42 Å². The van der Waals surface area contributed by atoms with E-state index in [9.17, 15) is 9.59 Å². The molecule has 7 nitrogen and oxygen atoms in total. The molecule has 136 valence electrons. The highest BCUT2D eigenvalue weighted by molar-refractivity contribution is 5.96. The van der Waals surface area contributed by atoms with Gasteiger partial charge in [-0.3, -0.25) is 14.3 Å². The second-order valence-electron chi connectivity index (χ2n) is 6.65. The van der Waals surface area contributed by atoms with Crippen LogP contribution in [0.4, 0.5) is 0 Å². The number of carbonyl (C=O) groups is 2. The SMILES string of the molecule is CC(=O)c1c(C)nn(C(C)CC(=O)N(C)Cc2c(C)noc2C)c1C. The average molecular weight is 346 g/mol. The van der Waals surface area contributed by atoms with E-state index in [4.69, 9.17) is 4.52 Å². The third-order valence-corrected chi connectivity index (χ3v) is 4.57. The van der Waals surface area contributed by atoms with E-state index < -0.39 is 0 Å². The summed E-state index contributed by atoms with van der Waals surface area (Å²) < 4.78 is 6.92. The maximum atomic E-state index is 12.6. The minimum atomic E-state index is -0.133. The number of hydrogen-bond acceptors (Lipinski definition) is 5. The Morgan fingerprint density at radius 2 is 1.84 bits per heavy atom. The molecular weight excluding hydrogens is 320 g/mol. The molecule has 7 heteroatoms. The summed E-state index contributed by atoms with van der Waals surface area (Å²) in [5.41, 5.74) is 3.89. The molecule has 25 heavy (non-hydrogen) atoms. The van der Waals surface area contributed by atoms with Gasteiger partial charge in [0.2, 0.25) is 5.91 Å². The number of hydrogen-bond donors (Lipinski definition) is 0. The number of amides is 1. The van der Waals surface area contributed by atoms with Crippen molar-refractivity contribution < 1.29 is 14.1 Å². The number of carbonyl (C=O) groups excluding carboxylic acids is 2. The van der Waals surface area contributed by atoms with E-state index in [1.807, 2.05) is 34.6 Å². The lowest BCUT2D eigenvalue weighted by molar-refractivity contribution is -0.131. The summed E-state index contributed by atoms with van der Waals surface area (Å²) in [6.45, 7) is 11.3. The molecule has 0 saturated carbocycles. The van der Waals surface area contributed by atoms with Crippen LogP contribution in [0, 0.1) is 27.7 Å². The quantitative estimate of drug-likeness (QED) is 0.751. The van der Waals surface area contributed by atoms with Crippen LogP contribution in [-0.2, 0) is 11.3 Å². The Kier molecular flexibility index (Phi) is 5.45. The van der Waals surface area contributed by atoms with Gasteiger partial charge in [-0.25, -0.2) is 0 Å². The molecule has 1 atom stereocenters. The minimum Gasteiger partial charge on any atom is -0.361 e. The lowest BCUT2D eigenvalue weighted by atomic mass is 10.1. The van der Waals surface area contributed by atoms with Gasteiger partial charge in [0.25, 0.3) is 0 Å². The molecule has 2 aromatic rings. The van der Waals surface area contributed by atoms with E-state index in [0.717, 1.165) is 22.7 Å². The second kappa shape index (κ2) is 7.21. The molecule has 2 heterocycles. The van der Waals surface area contributed by atoms with Crippen LogP contribution in [0.25, 0.3) is 0 Å². The first-order chi connectivity index (χ1) is 11.6. The highest BCUT2D eigenvalue weighted by Crippen LogP contribution is 2.21. The fourth-order valence-corrected chi connectivity index (χ4v) is 3.15. The number of rotatable bonds is 6. The number of nitrogens with zero attached hydrogens (tertiary/aromatic N) is 4. The van der Waals surface area contributed by atoms with Gasteiger partial charge in [0, 0.05) is 24.7 Å². The third-order valence-electron chi connectivity index (χ3n) is 4.57. The Labute approximate surface area is 148 Å². The normalized spacial score (nSPS) is 12.3. The van der Waals surface area contributed by atoms with Crippen molar-refractivity contribution in [1.82, 2.24) is 19.8 Å². The monoisotopic (exact) mass is 346 g/mol.